The molecule has 1 N–H and O–H groups in total. The number of likely N-dealkylation sites (N-methyl/N-ethyl adjacent to an activating group) is 1. The first kappa shape index (κ1) is 16.7. The van der Waals surface area contributed by atoms with E-state index in [9.17, 15) is 0 Å². The van der Waals surface area contributed by atoms with Crippen LogP contribution < -0.4 is 10.2 Å². The van der Waals surface area contributed by atoms with E-state index in [0.717, 1.165) is 24.7 Å². The lowest BCUT2D eigenvalue weighted by Crippen LogP contribution is -2.26. The number of nitrogens with one attached hydrogen (secondary N) is 1. The first-order valence-corrected chi connectivity index (χ1v) is 7.38. The Hall–Kier alpha value is -1.36. The quantitative estimate of drug-likeness (QED) is 0.793. The van der Waals surface area contributed by atoms with Crippen LogP contribution in [0.1, 0.15) is 46.1 Å². The van der Waals surface area contributed by atoms with Crippen molar-refractivity contribution in [2.75, 3.05) is 37.0 Å². The van der Waals surface area contributed by atoms with E-state index in [1.54, 1.807) is 6.33 Å². The fraction of sp³-hybridized carbons (Fsp3) is 0.733. The van der Waals surface area contributed by atoms with Gasteiger partial charge in [0.2, 0.25) is 0 Å². The summed E-state index contributed by atoms with van der Waals surface area (Å²) in [5, 5.41) is 3.32. The first-order chi connectivity index (χ1) is 9.47. The van der Waals surface area contributed by atoms with Crippen molar-refractivity contribution in [1.29, 1.82) is 0 Å². The number of hydrogen-bond donors (Lipinski definition) is 1. The number of rotatable bonds is 8. The number of nitrogens with zero attached hydrogens (tertiary/aromatic N) is 3. The molecule has 0 aliphatic heterocycles. The van der Waals surface area contributed by atoms with Gasteiger partial charge in [0.25, 0.3) is 0 Å². The largest absolute Gasteiger partial charge is 0.377 e. The van der Waals surface area contributed by atoms with Gasteiger partial charge in [0, 0.05) is 25.7 Å². The summed E-state index contributed by atoms with van der Waals surface area (Å²) in [6, 6.07) is 0. The molecule has 0 aromatic carbocycles. The Kier molecular flexibility index (Phi) is 6.71. The van der Waals surface area contributed by atoms with Gasteiger partial charge in [-0.2, -0.15) is 0 Å². The van der Waals surface area contributed by atoms with Crippen LogP contribution in [0.2, 0.25) is 0 Å². The second-order valence-corrected chi connectivity index (χ2v) is 5.49. The number of aromatic nitrogens is 2. The summed E-state index contributed by atoms with van der Waals surface area (Å²) >= 11 is 0. The number of ether oxygens (including phenoxy) is 1. The highest BCUT2D eigenvalue weighted by atomic mass is 16.5. The van der Waals surface area contributed by atoms with Crippen molar-refractivity contribution in [2.45, 2.75) is 46.6 Å². The molecule has 1 heterocycles. The van der Waals surface area contributed by atoms with Gasteiger partial charge in [-0.1, -0.05) is 13.8 Å². The number of anilines is 2. The smallest absolute Gasteiger partial charge is 0.137 e. The van der Waals surface area contributed by atoms with Crippen LogP contribution in [0.3, 0.4) is 0 Å². The third kappa shape index (κ3) is 4.63. The van der Waals surface area contributed by atoms with Gasteiger partial charge in [0.15, 0.2) is 0 Å². The summed E-state index contributed by atoms with van der Waals surface area (Å²) < 4.78 is 5.61. The van der Waals surface area contributed by atoms with E-state index >= 15 is 0 Å². The van der Waals surface area contributed by atoms with E-state index in [2.05, 4.69) is 41.0 Å². The molecule has 0 radical (unpaired) electrons. The molecule has 0 unspecified atom stereocenters. The van der Waals surface area contributed by atoms with Gasteiger partial charge >= 0.3 is 0 Å². The molecule has 0 saturated heterocycles. The van der Waals surface area contributed by atoms with E-state index in [1.165, 1.54) is 5.56 Å². The molecule has 1 rings (SSSR count). The molecule has 0 saturated carbocycles. The molecule has 0 aliphatic carbocycles. The molecule has 0 amide bonds. The van der Waals surface area contributed by atoms with Gasteiger partial charge in [0.05, 0.1) is 12.7 Å². The third-order valence-corrected chi connectivity index (χ3v) is 3.02. The third-order valence-electron chi connectivity index (χ3n) is 3.02. The van der Waals surface area contributed by atoms with Gasteiger partial charge in [-0.15, -0.1) is 0 Å². The SMILES string of the molecule is CCNc1ncnc(N(C)CCOC(C)C)c1C(C)C. The molecule has 5 nitrogen and oxygen atoms in total. The first-order valence-electron chi connectivity index (χ1n) is 7.38. The molecule has 1 aromatic rings. The van der Waals surface area contributed by atoms with Crippen LogP contribution >= 0.6 is 0 Å². The normalized spacial score (nSPS) is 11.2. The lowest BCUT2D eigenvalue weighted by atomic mass is 10.0. The second-order valence-electron chi connectivity index (χ2n) is 5.49. The zero-order valence-corrected chi connectivity index (χ0v) is 13.6. The van der Waals surface area contributed by atoms with E-state index in [4.69, 9.17) is 4.74 Å². The minimum Gasteiger partial charge on any atom is -0.377 e. The Bertz CT molecular complexity index is 407. The molecular formula is C15H28N4O. The van der Waals surface area contributed by atoms with Gasteiger partial charge in [-0.3, -0.25) is 0 Å². The average molecular weight is 280 g/mol. The molecule has 0 fully saturated rings. The zero-order chi connectivity index (χ0) is 15.1. The monoisotopic (exact) mass is 280 g/mol. The van der Waals surface area contributed by atoms with Crippen LogP contribution in [0.4, 0.5) is 11.6 Å². The van der Waals surface area contributed by atoms with E-state index < -0.39 is 0 Å². The minimum absolute atomic E-state index is 0.260. The van der Waals surface area contributed by atoms with Crippen molar-refractivity contribution >= 4 is 11.6 Å². The highest BCUT2D eigenvalue weighted by molar-refractivity contribution is 5.60. The van der Waals surface area contributed by atoms with Crippen molar-refractivity contribution in [3.05, 3.63) is 11.9 Å². The molecule has 0 atom stereocenters. The van der Waals surface area contributed by atoms with Gasteiger partial charge < -0.3 is 15.0 Å². The van der Waals surface area contributed by atoms with Crippen molar-refractivity contribution in [2.24, 2.45) is 0 Å². The summed E-state index contributed by atoms with van der Waals surface area (Å²) in [6.45, 7) is 12.9. The number of hydrogen-bond acceptors (Lipinski definition) is 5. The lowest BCUT2D eigenvalue weighted by molar-refractivity contribution is 0.0845. The standard InChI is InChI=1S/C15H28N4O/c1-7-16-14-13(11(2)3)15(18-10-17-14)19(6)8-9-20-12(4)5/h10-12H,7-9H2,1-6H3,(H,16,17,18). The molecule has 0 aliphatic rings. The fourth-order valence-electron chi connectivity index (χ4n) is 2.06. The van der Waals surface area contributed by atoms with Gasteiger partial charge in [-0.05, 0) is 26.7 Å². The predicted octanol–water partition coefficient (Wildman–Crippen LogP) is 2.89. The summed E-state index contributed by atoms with van der Waals surface area (Å²) in [5.74, 6) is 2.29. The Morgan fingerprint density at radius 1 is 1.25 bits per heavy atom. The van der Waals surface area contributed by atoms with Crippen molar-refractivity contribution < 1.29 is 4.74 Å². The summed E-state index contributed by atoms with van der Waals surface area (Å²) in [4.78, 5) is 11.0. The summed E-state index contributed by atoms with van der Waals surface area (Å²) in [6.07, 6.45) is 1.88. The molecular weight excluding hydrogens is 252 g/mol. The lowest BCUT2D eigenvalue weighted by Gasteiger charge is -2.24. The summed E-state index contributed by atoms with van der Waals surface area (Å²) in [7, 11) is 2.05. The van der Waals surface area contributed by atoms with Crippen LogP contribution in [0.5, 0.6) is 0 Å². The highest BCUT2D eigenvalue weighted by Crippen LogP contribution is 2.30. The van der Waals surface area contributed by atoms with E-state index in [1.807, 2.05) is 20.9 Å². The van der Waals surface area contributed by atoms with Crippen LogP contribution in [-0.4, -0.2) is 42.8 Å². The second kappa shape index (κ2) is 8.04. The average Bonchev–Trinajstić information content (AvgIpc) is 2.38. The molecule has 1 aromatic heterocycles. The summed E-state index contributed by atoms with van der Waals surface area (Å²) in [5.41, 5.74) is 1.17. The van der Waals surface area contributed by atoms with Crippen LogP contribution in [0, 0.1) is 0 Å². The molecule has 0 bridgehead atoms. The van der Waals surface area contributed by atoms with Crippen molar-refractivity contribution in [3.8, 4) is 0 Å². The highest BCUT2D eigenvalue weighted by Gasteiger charge is 2.17. The van der Waals surface area contributed by atoms with Crippen LogP contribution in [0.15, 0.2) is 6.33 Å². The Morgan fingerprint density at radius 3 is 2.50 bits per heavy atom. The maximum Gasteiger partial charge on any atom is 0.137 e. The van der Waals surface area contributed by atoms with Crippen molar-refractivity contribution in [1.82, 2.24) is 9.97 Å². The topological polar surface area (TPSA) is 50.3 Å². The van der Waals surface area contributed by atoms with E-state index in [-0.39, 0.29) is 6.10 Å². The van der Waals surface area contributed by atoms with Gasteiger partial charge in [0.1, 0.15) is 18.0 Å². The molecule has 5 heteroatoms. The predicted molar refractivity (Wildman–Crippen MR) is 84.6 cm³/mol. The Morgan fingerprint density at radius 2 is 1.95 bits per heavy atom. The van der Waals surface area contributed by atoms with Gasteiger partial charge in [-0.25, -0.2) is 9.97 Å². The Labute approximate surface area is 122 Å². The molecule has 20 heavy (non-hydrogen) atoms. The van der Waals surface area contributed by atoms with E-state index in [0.29, 0.717) is 12.5 Å². The molecule has 114 valence electrons. The molecule has 0 spiro atoms. The fourth-order valence-corrected chi connectivity index (χ4v) is 2.06. The van der Waals surface area contributed by atoms with Crippen LogP contribution in [-0.2, 0) is 4.74 Å². The maximum atomic E-state index is 5.61. The zero-order valence-electron chi connectivity index (χ0n) is 13.6. The maximum absolute atomic E-state index is 5.61. The van der Waals surface area contributed by atoms with Crippen LogP contribution in [0.25, 0.3) is 0 Å². The van der Waals surface area contributed by atoms with Crippen molar-refractivity contribution in [3.63, 3.8) is 0 Å². The minimum atomic E-state index is 0.260. The Balaban J connectivity index is 2.89.